The topological polar surface area (TPSA) is 53.7 Å². The number of aromatic nitrogens is 3. The second-order valence-electron chi connectivity index (χ2n) is 6.88. The SMILES string of the molecule is Cc1cccc(-c2ccccc2-c2ccc3ncc(C(O)N(C)C)n3c2)n1. The molecule has 3 aromatic heterocycles. The molecule has 5 nitrogen and oxygen atoms in total. The molecule has 0 aliphatic carbocycles. The monoisotopic (exact) mass is 358 g/mol. The van der Waals surface area contributed by atoms with Gasteiger partial charge in [0.2, 0.25) is 0 Å². The molecule has 3 heterocycles. The summed E-state index contributed by atoms with van der Waals surface area (Å²) in [6.07, 6.45) is 3.03. The lowest BCUT2D eigenvalue weighted by Gasteiger charge is -2.18. The van der Waals surface area contributed by atoms with E-state index in [9.17, 15) is 5.11 Å². The summed E-state index contributed by atoms with van der Waals surface area (Å²) in [5, 5.41) is 10.5. The molecule has 27 heavy (non-hydrogen) atoms. The first kappa shape index (κ1) is 17.4. The Morgan fingerprint density at radius 1 is 0.963 bits per heavy atom. The van der Waals surface area contributed by atoms with Crippen molar-refractivity contribution in [3.8, 4) is 22.4 Å². The van der Waals surface area contributed by atoms with E-state index in [4.69, 9.17) is 0 Å². The molecule has 0 bridgehead atoms. The summed E-state index contributed by atoms with van der Waals surface area (Å²) in [4.78, 5) is 10.8. The first-order valence-electron chi connectivity index (χ1n) is 8.89. The number of imidazole rings is 1. The molecule has 1 N–H and O–H groups in total. The molecule has 0 radical (unpaired) electrons. The van der Waals surface area contributed by atoms with Gasteiger partial charge in [-0.1, -0.05) is 30.3 Å². The molecule has 1 unspecified atom stereocenters. The van der Waals surface area contributed by atoms with Gasteiger partial charge >= 0.3 is 0 Å². The van der Waals surface area contributed by atoms with E-state index in [1.165, 1.54) is 0 Å². The minimum Gasteiger partial charge on any atom is -0.372 e. The highest BCUT2D eigenvalue weighted by Gasteiger charge is 2.16. The van der Waals surface area contributed by atoms with Crippen molar-refractivity contribution in [3.63, 3.8) is 0 Å². The van der Waals surface area contributed by atoms with E-state index in [-0.39, 0.29) is 0 Å². The van der Waals surface area contributed by atoms with Crippen molar-refractivity contribution in [2.24, 2.45) is 0 Å². The number of pyridine rings is 2. The van der Waals surface area contributed by atoms with Crippen LogP contribution >= 0.6 is 0 Å². The Labute approximate surface area is 158 Å². The zero-order chi connectivity index (χ0) is 19.0. The van der Waals surface area contributed by atoms with Crippen molar-refractivity contribution in [2.75, 3.05) is 14.1 Å². The molecule has 4 rings (SSSR count). The second kappa shape index (κ2) is 6.95. The van der Waals surface area contributed by atoms with Crippen molar-refractivity contribution in [1.82, 2.24) is 19.3 Å². The molecule has 0 fully saturated rings. The summed E-state index contributed by atoms with van der Waals surface area (Å²) < 4.78 is 1.94. The van der Waals surface area contributed by atoms with Crippen molar-refractivity contribution in [2.45, 2.75) is 13.2 Å². The zero-order valence-corrected chi connectivity index (χ0v) is 15.7. The maximum atomic E-state index is 10.5. The van der Waals surface area contributed by atoms with Crippen molar-refractivity contribution < 1.29 is 5.11 Å². The average molecular weight is 358 g/mol. The Morgan fingerprint density at radius 3 is 2.48 bits per heavy atom. The lowest BCUT2D eigenvalue weighted by molar-refractivity contribution is 0.0351. The van der Waals surface area contributed by atoms with Gasteiger partial charge in [-0.05, 0) is 56.4 Å². The van der Waals surface area contributed by atoms with Gasteiger partial charge in [-0.15, -0.1) is 0 Å². The molecule has 136 valence electrons. The summed E-state index contributed by atoms with van der Waals surface area (Å²) in [5.41, 5.74) is 6.70. The number of benzene rings is 1. The lowest BCUT2D eigenvalue weighted by Crippen LogP contribution is -2.20. The van der Waals surface area contributed by atoms with E-state index >= 15 is 0 Å². The highest BCUT2D eigenvalue weighted by atomic mass is 16.3. The fraction of sp³-hybridized carbons (Fsp3) is 0.182. The number of fused-ring (bicyclic) bond motifs is 1. The first-order valence-corrected chi connectivity index (χ1v) is 8.89. The zero-order valence-electron chi connectivity index (χ0n) is 15.7. The Balaban J connectivity index is 1.87. The Bertz CT molecular complexity index is 1100. The molecule has 0 aliphatic rings. The Kier molecular flexibility index (Phi) is 4.48. The molecule has 1 aromatic carbocycles. The molecule has 0 amide bonds. The Morgan fingerprint density at radius 2 is 1.74 bits per heavy atom. The van der Waals surface area contributed by atoms with Gasteiger partial charge in [0.15, 0.2) is 0 Å². The molecule has 4 aromatic rings. The van der Waals surface area contributed by atoms with Gasteiger partial charge in [-0.25, -0.2) is 4.98 Å². The summed E-state index contributed by atoms with van der Waals surface area (Å²) >= 11 is 0. The second-order valence-corrected chi connectivity index (χ2v) is 6.88. The van der Waals surface area contributed by atoms with Crippen molar-refractivity contribution in [3.05, 3.63) is 78.4 Å². The first-order chi connectivity index (χ1) is 13.0. The largest absolute Gasteiger partial charge is 0.372 e. The summed E-state index contributed by atoms with van der Waals surface area (Å²) in [6.45, 7) is 2.00. The molecule has 1 atom stereocenters. The minimum absolute atomic E-state index is 0.719. The normalized spacial score (nSPS) is 12.6. The molecule has 0 spiro atoms. The third kappa shape index (κ3) is 3.23. The highest BCUT2D eigenvalue weighted by Crippen LogP contribution is 2.32. The Hall–Kier alpha value is -3.02. The van der Waals surface area contributed by atoms with Gasteiger partial charge < -0.3 is 5.11 Å². The number of aliphatic hydroxyl groups excluding tert-OH is 1. The molecule has 0 aliphatic heterocycles. The van der Waals surface area contributed by atoms with E-state index in [2.05, 4.69) is 28.2 Å². The summed E-state index contributed by atoms with van der Waals surface area (Å²) in [6, 6.07) is 18.3. The third-order valence-corrected chi connectivity index (χ3v) is 4.69. The maximum absolute atomic E-state index is 10.5. The van der Waals surface area contributed by atoms with E-state index in [0.717, 1.165) is 39.4 Å². The van der Waals surface area contributed by atoms with E-state index < -0.39 is 6.23 Å². The third-order valence-electron chi connectivity index (χ3n) is 4.69. The van der Waals surface area contributed by atoms with Crippen molar-refractivity contribution in [1.29, 1.82) is 0 Å². The van der Waals surface area contributed by atoms with Crippen LogP contribution in [0.4, 0.5) is 0 Å². The van der Waals surface area contributed by atoms with Crippen LogP contribution in [-0.4, -0.2) is 38.5 Å². The van der Waals surface area contributed by atoms with Crippen LogP contribution in [0.5, 0.6) is 0 Å². The van der Waals surface area contributed by atoms with Crippen LogP contribution in [0.25, 0.3) is 28.0 Å². The number of nitrogens with zero attached hydrogens (tertiary/aromatic N) is 4. The van der Waals surface area contributed by atoms with E-state index in [1.54, 1.807) is 11.1 Å². The number of hydrogen-bond acceptors (Lipinski definition) is 4. The summed E-state index contributed by atoms with van der Waals surface area (Å²) in [5.74, 6) is 0. The van der Waals surface area contributed by atoms with Crippen LogP contribution in [0.2, 0.25) is 0 Å². The number of hydrogen-bond donors (Lipinski definition) is 1. The van der Waals surface area contributed by atoms with Gasteiger partial charge in [0.05, 0.1) is 17.6 Å². The van der Waals surface area contributed by atoms with Gasteiger partial charge in [0.25, 0.3) is 0 Å². The fourth-order valence-electron chi connectivity index (χ4n) is 3.27. The lowest BCUT2D eigenvalue weighted by atomic mass is 9.98. The fourth-order valence-corrected chi connectivity index (χ4v) is 3.27. The molecular weight excluding hydrogens is 336 g/mol. The molecule has 0 saturated carbocycles. The molecule has 5 heteroatoms. The molecule has 0 saturated heterocycles. The predicted molar refractivity (Wildman–Crippen MR) is 107 cm³/mol. The van der Waals surface area contributed by atoms with Gasteiger partial charge in [0.1, 0.15) is 11.9 Å². The number of aryl methyl sites for hydroxylation is 1. The van der Waals surface area contributed by atoms with Crippen LogP contribution in [-0.2, 0) is 0 Å². The van der Waals surface area contributed by atoms with Crippen LogP contribution < -0.4 is 0 Å². The van der Waals surface area contributed by atoms with E-state index in [1.807, 2.05) is 68.0 Å². The average Bonchev–Trinajstić information content (AvgIpc) is 3.10. The van der Waals surface area contributed by atoms with E-state index in [0.29, 0.717) is 0 Å². The maximum Gasteiger partial charge on any atom is 0.150 e. The smallest absolute Gasteiger partial charge is 0.150 e. The number of aliphatic hydroxyl groups is 1. The highest BCUT2D eigenvalue weighted by molar-refractivity contribution is 5.82. The standard InChI is InChI=1S/C22H22N4O/c1-15-7-6-10-19(24-15)18-9-5-4-8-17(18)16-11-12-21-23-13-20(26(21)14-16)22(27)25(2)3/h4-14,22,27H,1-3H3. The van der Waals surface area contributed by atoms with Crippen molar-refractivity contribution >= 4 is 5.65 Å². The van der Waals surface area contributed by atoms with Crippen LogP contribution in [0.3, 0.4) is 0 Å². The quantitative estimate of drug-likeness (QED) is 0.562. The van der Waals surface area contributed by atoms with Crippen LogP contribution in [0, 0.1) is 6.92 Å². The predicted octanol–water partition coefficient (Wildman–Crippen LogP) is 3.92. The summed E-state index contributed by atoms with van der Waals surface area (Å²) in [7, 11) is 3.68. The van der Waals surface area contributed by atoms with Gasteiger partial charge in [0, 0.05) is 17.5 Å². The minimum atomic E-state index is -0.719. The van der Waals surface area contributed by atoms with Crippen LogP contribution in [0.15, 0.2) is 67.0 Å². The number of rotatable bonds is 4. The van der Waals surface area contributed by atoms with Crippen LogP contribution in [0.1, 0.15) is 17.6 Å². The molecular formula is C22H22N4O. The van der Waals surface area contributed by atoms with Gasteiger partial charge in [-0.3, -0.25) is 14.3 Å². The van der Waals surface area contributed by atoms with Gasteiger partial charge in [-0.2, -0.15) is 0 Å².